The molecule has 0 unspecified atom stereocenters. The highest BCUT2D eigenvalue weighted by molar-refractivity contribution is 7.81. The van der Waals surface area contributed by atoms with Crippen LogP contribution in [0.2, 0.25) is 0 Å². The van der Waals surface area contributed by atoms with Crippen LogP contribution in [0.5, 0.6) is 0 Å². The molecule has 0 atom stereocenters. The minimum atomic E-state index is -0.469. The molecule has 0 N–H and O–H groups in total. The number of rotatable bonds is 6. The molecular weight excluding hydrogens is 300 g/mol. The number of benzene rings is 2. The van der Waals surface area contributed by atoms with Crippen molar-refractivity contribution < 1.29 is 4.79 Å². The van der Waals surface area contributed by atoms with Crippen molar-refractivity contribution in [2.75, 3.05) is 0 Å². The smallest absolute Gasteiger partial charge is 0.168 e. The minimum Gasteiger partial charge on any atom is -0.294 e. The zero-order valence-electron chi connectivity index (χ0n) is 14.3. The average Bonchev–Trinajstić information content (AvgIpc) is 2.54. The fraction of sp³-hybridized carbons (Fsp3) is 0.333. The van der Waals surface area contributed by atoms with Gasteiger partial charge >= 0.3 is 0 Å². The molecular formula is C21H24OS. The summed E-state index contributed by atoms with van der Waals surface area (Å²) in [6, 6.07) is 19.6. The van der Waals surface area contributed by atoms with Crippen molar-refractivity contribution in [2.24, 2.45) is 10.8 Å². The van der Waals surface area contributed by atoms with E-state index in [0.29, 0.717) is 6.42 Å². The Morgan fingerprint density at radius 1 is 0.783 bits per heavy atom. The van der Waals surface area contributed by atoms with Gasteiger partial charge in [-0.2, -0.15) is 0 Å². The summed E-state index contributed by atoms with van der Waals surface area (Å²) in [5.41, 5.74) is 1.13. The van der Waals surface area contributed by atoms with Crippen molar-refractivity contribution in [3.8, 4) is 0 Å². The van der Waals surface area contributed by atoms with E-state index < -0.39 is 5.41 Å². The molecule has 2 aromatic carbocycles. The predicted molar refractivity (Wildman–Crippen MR) is 101 cm³/mol. The molecule has 23 heavy (non-hydrogen) atoms. The molecule has 0 aromatic heterocycles. The Morgan fingerprint density at radius 2 is 1.22 bits per heavy atom. The van der Waals surface area contributed by atoms with Gasteiger partial charge in [0.15, 0.2) is 5.78 Å². The van der Waals surface area contributed by atoms with E-state index in [2.05, 4.69) is 13.8 Å². The Balaban J connectivity index is 2.21. The van der Waals surface area contributed by atoms with Gasteiger partial charge in [0.1, 0.15) is 0 Å². The molecule has 2 heteroatoms. The van der Waals surface area contributed by atoms with Gasteiger partial charge in [-0.1, -0.05) is 101 Å². The zero-order chi connectivity index (χ0) is 17.1. The van der Waals surface area contributed by atoms with E-state index >= 15 is 0 Å². The van der Waals surface area contributed by atoms with Crippen molar-refractivity contribution in [1.29, 1.82) is 0 Å². The highest BCUT2D eigenvalue weighted by Crippen LogP contribution is 2.38. The van der Waals surface area contributed by atoms with Gasteiger partial charge in [-0.25, -0.2) is 0 Å². The summed E-state index contributed by atoms with van der Waals surface area (Å²) in [5.74, 6) is 0.169. The van der Waals surface area contributed by atoms with Crippen LogP contribution in [0.3, 0.4) is 0 Å². The van der Waals surface area contributed by atoms with Crippen LogP contribution in [0.1, 0.15) is 50.0 Å². The van der Waals surface area contributed by atoms with Gasteiger partial charge in [-0.05, 0) is 12.0 Å². The van der Waals surface area contributed by atoms with Gasteiger partial charge in [-0.3, -0.25) is 4.79 Å². The van der Waals surface area contributed by atoms with E-state index in [1.54, 1.807) is 0 Å². The summed E-state index contributed by atoms with van der Waals surface area (Å²) in [7, 11) is 0. The number of Topliss-reactive ketones (excluding diaryl/α,β-unsaturated/α-hetero) is 1. The first-order chi connectivity index (χ1) is 10.7. The molecule has 120 valence electrons. The minimum absolute atomic E-state index is 0.169. The number of ketones is 1. The highest BCUT2D eigenvalue weighted by Gasteiger charge is 2.37. The average molecular weight is 324 g/mol. The SMILES string of the molecule is CC(C)(CC(C)(C)C(=S)c1ccccc1)C(=O)c1ccccc1. The Kier molecular flexibility index (Phi) is 5.16. The van der Waals surface area contributed by atoms with Crippen LogP contribution in [0.15, 0.2) is 60.7 Å². The Morgan fingerprint density at radius 3 is 1.70 bits per heavy atom. The third-order valence-corrected chi connectivity index (χ3v) is 4.97. The number of hydrogen-bond acceptors (Lipinski definition) is 2. The van der Waals surface area contributed by atoms with Gasteiger partial charge in [0.05, 0.1) is 0 Å². The second-order valence-electron chi connectivity index (χ2n) is 7.33. The molecule has 0 heterocycles. The van der Waals surface area contributed by atoms with Crippen molar-refractivity contribution in [3.63, 3.8) is 0 Å². The van der Waals surface area contributed by atoms with Crippen LogP contribution in [0.4, 0.5) is 0 Å². The summed E-state index contributed by atoms with van der Waals surface area (Å²) < 4.78 is 0. The first-order valence-corrected chi connectivity index (χ1v) is 8.34. The molecule has 2 aromatic rings. The third kappa shape index (κ3) is 4.14. The second kappa shape index (κ2) is 6.76. The van der Waals surface area contributed by atoms with Crippen molar-refractivity contribution >= 4 is 22.9 Å². The Bertz CT molecular complexity index is 623. The van der Waals surface area contributed by atoms with Gasteiger partial charge in [0.25, 0.3) is 0 Å². The predicted octanol–water partition coefficient (Wildman–Crippen LogP) is 5.73. The number of hydrogen-bond donors (Lipinski definition) is 0. The van der Waals surface area contributed by atoms with Gasteiger partial charge in [0, 0.05) is 21.3 Å². The van der Waals surface area contributed by atoms with Crippen molar-refractivity contribution in [2.45, 2.75) is 34.1 Å². The lowest BCUT2D eigenvalue weighted by Crippen LogP contribution is -2.35. The maximum absolute atomic E-state index is 12.9. The molecule has 0 saturated heterocycles. The third-order valence-electron chi connectivity index (χ3n) is 4.19. The standard InChI is InChI=1S/C21H24OS/c1-20(2,18(22)16-11-7-5-8-12-16)15-21(3,4)19(23)17-13-9-6-10-14-17/h5-14H,15H2,1-4H3. The molecule has 1 nitrogen and oxygen atoms in total. The lowest BCUT2D eigenvalue weighted by molar-refractivity contribution is 0.0793. The molecule has 2 rings (SSSR count). The molecule has 0 radical (unpaired) electrons. The lowest BCUT2D eigenvalue weighted by atomic mass is 9.69. The fourth-order valence-electron chi connectivity index (χ4n) is 3.23. The van der Waals surface area contributed by atoms with E-state index in [9.17, 15) is 4.79 Å². The van der Waals surface area contributed by atoms with Crippen molar-refractivity contribution in [1.82, 2.24) is 0 Å². The lowest BCUT2D eigenvalue weighted by Gasteiger charge is -2.34. The monoisotopic (exact) mass is 324 g/mol. The first-order valence-electron chi connectivity index (χ1n) is 7.94. The van der Waals surface area contributed by atoms with E-state index in [0.717, 1.165) is 16.0 Å². The van der Waals surface area contributed by atoms with Crippen LogP contribution < -0.4 is 0 Å². The Labute approximate surface area is 144 Å². The number of carbonyl (C=O) groups excluding carboxylic acids is 1. The molecule has 0 fully saturated rings. The maximum atomic E-state index is 12.9. The summed E-state index contributed by atoms with van der Waals surface area (Å²) >= 11 is 5.72. The number of thiocarbonyl (C=S) groups is 1. The quantitative estimate of drug-likeness (QED) is 0.498. The van der Waals surface area contributed by atoms with Crippen LogP contribution in [0, 0.1) is 10.8 Å². The fourth-order valence-corrected chi connectivity index (χ4v) is 3.43. The van der Waals surface area contributed by atoms with Crippen LogP contribution in [-0.2, 0) is 0 Å². The van der Waals surface area contributed by atoms with Crippen molar-refractivity contribution in [3.05, 3.63) is 71.8 Å². The van der Waals surface area contributed by atoms with E-state index in [1.165, 1.54) is 0 Å². The van der Waals surface area contributed by atoms with Gasteiger partial charge < -0.3 is 0 Å². The van der Waals surface area contributed by atoms with Gasteiger partial charge in [-0.15, -0.1) is 0 Å². The summed E-state index contributed by atoms with van der Waals surface area (Å²) in [6.07, 6.45) is 0.710. The first kappa shape index (κ1) is 17.6. The molecule has 0 saturated carbocycles. The normalized spacial score (nSPS) is 12.0. The number of carbonyl (C=O) groups is 1. The van der Waals surface area contributed by atoms with Crippen LogP contribution in [-0.4, -0.2) is 10.6 Å². The molecule has 0 aliphatic rings. The second-order valence-corrected chi connectivity index (χ2v) is 7.74. The van der Waals surface area contributed by atoms with E-state index in [4.69, 9.17) is 12.2 Å². The zero-order valence-corrected chi connectivity index (χ0v) is 15.1. The molecule has 0 spiro atoms. The molecule has 0 aliphatic heterocycles. The van der Waals surface area contributed by atoms with Crippen LogP contribution in [0.25, 0.3) is 0 Å². The van der Waals surface area contributed by atoms with E-state index in [-0.39, 0.29) is 11.2 Å². The molecule has 0 aliphatic carbocycles. The summed E-state index contributed by atoms with van der Waals surface area (Å²) in [4.78, 5) is 13.8. The summed E-state index contributed by atoms with van der Waals surface area (Å²) in [6.45, 7) is 8.28. The molecule has 0 bridgehead atoms. The highest BCUT2D eigenvalue weighted by atomic mass is 32.1. The molecule has 0 amide bonds. The maximum Gasteiger partial charge on any atom is 0.168 e. The van der Waals surface area contributed by atoms with E-state index in [1.807, 2.05) is 74.5 Å². The summed E-state index contributed by atoms with van der Waals surface area (Å²) in [5, 5.41) is 0. The topological polar surface area (TPSA) is 17.1 Å². The largest absolute Gasteiger partial charge is 0.294 e. The van der Waals surface area contributed by atoms with Crippen LogP contribution >= 0.6 is 12.2 Å². The van der Waals surface area contributed by atoms with Gasteiger partial charge in [0.2, 0.25) is 0 Å². The Hall–Kier alpha value is -1.80.